The van der Waals surface area contributed by atoms with E-state index in [9.17, 15) is 16.8 Å². The first-order valence-corrected chi connectivity index (χ1v) is 13.5. The van der Waals surface area contributed by atoms with Gasteiger partial charge < -0.3 is 10.1 Å². The summed E-state index contributed by atoms with van der Waals surface area (Å²) in [6.45, 7) is 8.89. The Labute approximate surface area is 181 Å². The van der Waals surface area contributed by atoms with Gasteiger partial charge in [0, 0.05) is 31.9 Å². The van der Waals surface area contributed by atoms with Crippen LogP contribution in [-0.4, -0.2) is 64.8 Å². The van der Waals surface area contributed by atoms with Crippen LogP contribution < -0.4 is 10.0 Å². The fraction of sp³-hybridized carbons (Fsp3) is 0.700. The summed E-state index contributed by atoms with van der Waals surface area (Å²) in [4.78, 5) is 0.275. The van der Waals surface area contributed by atoms with Gasteiger partial charge in [-0.1, -0.05) is 12.5 Å². The summed E-state index contributed by atoms with van der Waals surface area (Å²) < 4.78 is 59.1. The van der Waals surface area contributed by atoms with Gasteiger partial charge in [0.1, 0.15) is 0 Å². The second-order valence-electron chi connectivity index (χ2n) is 8.08. The van der Waals surface area contributed by atoms with Crippen LogP contribution in [0.1, 0.15) is 47.0 Å². The quantitative estimate of drug-likeness (QED) is 0.490. The average molecular weight is 462 g/mol. The number of nitrogens with one attached hydrogen (secondary N) is 2. The monoisotopic (exact) mass is 461 g/mol. The van der Waals surface area contributed by atoms with Crippen molar-refractivity contribution < 1.29 is 21.6 Å². The van der Waals surface area contributed by atoms with Gasteiger partial charge in [0.2, 0.25) is 20.0 Å². The molecule has 1 aliphatic heterocycles. The summed E-state index contributed by atoms with van der Waals surface area (Å²) in [6, 6.07) is 6.87. The number of ether oxygens (including phenoxy) is 1. The Morgan fingerprint density at radius 3 is 2.30 bits per heavy atom. The van der Waals surface area contributed by atoms with Crippen LogP contribution in [0.25, 0.3) is 0 Å². The third-order valence-corrected chi connectivity index (χ3v) is 8.64. The Morgan fingerprint density at radius 1 is 1.03 bits per heavy atom. The Kier molecular flexibility index (Phi) is 9.11. The molecule has 2 atom stereocenters. The van der Waals surface area contributed by atoms with Gasteiger partial charge in [-0.15, -0.1) is 0 Å². The second-order valence-corrected chi connectivity index (χ2v) is 12.3. The van der Waals surface area contributed by atoms with Gasteiger partial charge in [-0.25, -0.2) is 21.6 Å². The largest absolute Gasteiger partial charge is 0.385 e. The number of nitrogens with zero attached hydrogens (tertiary/aromatic N) is 1. The highest BCUT2D eigenvalue weighted by Gasteiger charge is 2.32. The van der Waals surface area contributed by atoms with Gasteiger partial charge in [0.25, 0.3) is 0 Å². The molecule has 1 saturated heterocycles. The smallest absolute Gasteiger partial charge is 0.243 e. The molecule has 10 heteroatoms. The van der Waals surface area contributed by atoms with E-state index in [1.165, 1.54) is 4.31 Å². The van der Waals surface area contributed by atoms with Crippen molar-refractivity contribution in [2.45, 2.75) is 69.3 Å². The fourth-order valence-corrected chi connectivity index (χ4v) is 5.68. The molecule has 0 unspecified atom stereocenters. The number of rotatable bonds is 11. The Hall–Kier alpha value is -1.20. The normalized spacial score (nSPS) is 21.1. The molecule has 0 radical (unpaired) electrons. The first-order chi connectivity index (χ1) is 14.0. The molecule has 172 valence electrons. The molecular formula is C20H35N3O5S2. The van der Waals surface area contributed by atoms with Crippen LogP contribution >= 0.6 is 0 Å². The molecule has 1 aromatic carbocycles. The van der Waals surface area contributed by atoms with Crippen molar-refractivity contribution in [2.24, 2.45) is 0 Å². The van der Waals surface area contributed by atoms with Crippen molar-refractivity contribution in [3.05, 3.63) is 24.3 Å². The van der Waals surface area contributed by atoms with Crippen LogP contribution in [0.4, 0.5) is 5.69 Å². The minimum Gasteiger partial charge on any atom is -0.385 e. The summed E-state index contributed by atoms with van der Waals surface area (Å²) in [5, 5.41) is 2.83. The number of morpholine rings is 1. The lowest BCUT2D eigenvalue weighted by molar-refractivity contribution is -0.0440. The molecule has 1 aliphatic rings. The van der Waals surface area contributed by atoms with Crippen LogP contribution in [0, 0.1) is 0 Å². The molecule has 1 aromatic rings. The summed E-state index contributed by atoms with van der Waals surface area (Å²) >= 11 is 0. The van der Waals surface area contributed by atoms with Crippen molar-refractivity contribution in [2.75, 3.05) is 31.5 Å². The number of anilines is 1. The molecule has 1 heterocycles. The topological polar surface area (TPSA) is 105 Å². The number of hydrogen-bond acceptors (Lipinski definition) is 6. The molecule has 8 nitrogen and oxygen atoms in total. The van der Waals surface area contributed by atoms with E-state index in [1.807, 2.05) is 19.9 Å². The van der Waals surface area contributed by atoms with Gasteiger partial charge in [0.15, 0.2) is 0 Å². The highest BCUT2D eigenvalue weighted by atomic mass is 32.2. The minimum absolute atomic E-state index is 0.130. The Balaban J connectivity index is 1.82. The maximum atomic E-state index is 13.0. The highest BCUT2D eigenvalue weighted by molar-refractivity contribution is 7.90. The molecule has 2 rings (SSSR count). The molecule has 0 aromatic heterocycles. The Morgan fingerprint density at radius 2 is 1.67 bits per heavy atom. The van der Waals surface area contributed by atoms with E-state index in [-0.39, 0.29) is 17.1 Å². The first-order valence-electron chi connectivity index (χ1n) is 10.5. The van der Waals surface area contributed by atoms with E-state index < -0.39 is 25.3 Å². The molecule has 0 amide bonds. The zero-order valence-corrected chi connectivity index (χ0v) is 19.9. The van der Waals surface area contributed by atoms with Crippen LogP contribution in [0.3, 0.4) is 0 Å². The van der Waals surface area contributed by atoms with Crippen LogP contribution in [-0.2, 0) is 24.8 Å². The lowest BCUT2D eigenvalue weighted by atomic mass is 10.2. The van der Waals surface area contributed by atoms with Crippen molar-refractivity contribution in [3.63, 3.8) is 0 Å². The standard InChI is InChI=1S/C20H35N3O5S2/c1-16(2)29(24,25)22-12-7-5-6-11-21-19-9-8-10-20(13-19)30(26,27)23-14-17(3)28-18(4)15-23/h8-10,13,16-18,21-22H,5-7,11-12,14-15H2,1-4H3/t17-,18+. The average Bonchev–Trinajstić information content (AvgIpc) is 2.66. The SMILES string of the molecule is CC(C)S(=O)(=O)NCCCCCNc1cccc(S(=O)(=O)N2C[C@@H](C)O[C@@H](C)C2)c1. The number of sulfonamides is 2. The Bertz CT molecular complexity index is 877. The van der Waals surface area contributed by atoms with Crippen molar-refractivity contribution >= 4 is 25.7 Å². The highest BCUT2D eigenvalue weighted by Crippen LogP contribution is 2.23. The maximum absolute atomic E-state index is 13.0. The number of hydrogen-bond donors (Lipinski definition) is 2. The third-order valence-electron chi connectivity index (χ3n) is 4.96. The maximum Gasteiger partial charge on any atom is 0.243 e. The van der Waals surface area contributed by atoms with Crippen LogP contribution in [0.2, 0.25) is 0 Å². The molecule has 30 heavy (non-hydrogen) atoms. The molecule has 0 aliphatic carbocycles. The van der Waals surface area contributed by atoms with E-state index >= 15 is 0 Å². The second kappa shape index (κ2) is 10.9. The van der Waals surface area contributed by atoms with E-state index in [2.05, 4.69) is 10.0 Å². The van der Waals surface area contributed by atoms with Gasteiger partial charge in [-0.2, -0.15) is 4.31 Å². The number of benzene rings is 1. The fourth-order valence-electron chi connectivity index (χ4n) is 3.28. The van der Waals surface area contributed by atoms with E-state index in [1.54, 1.807) is 32.0 Å². The number of unbranched alkanes of at least 4 members (excludes halogenated alkanes) is 2. The van der Waals surface area contributed by atoms with Crippen LogP contribution in [0.15, 0.2) is 29.2 Å². The lowest BCUT2D eigenvalue weighted by Gasteiger charge is -2.34. The van der Waals surface area contributed by atoms with Crippen molar-refractivity contribution in [1.29, 1.82) is 0 Å². The van der Waals surface area contributed by atoms with Gasteiger partial charge in [-0.3, -0.25) is 0 Å². The van der Waals surface area contributed by atoms with Crippen molar-refractivity contribution in [3.8, 4) is 0 Å². The van der Waals surface area contributed by atoms with E-state index in [0.29, 0.717) is 26.2 Å². The zero-order valence-electron chi connectivity index (χ0n) is 18.3. The minimum atomic E-state index is -3.57. The first kappa shape index (κ1) is 25.1. The van der Waals surface area contributed by atoms with E-state index in [4.69, 9.17) is 4.74 Å². The zero-order chi connectivity index (χ0) is 22.4. The lowest BCUT2D eigenvalue weighted by Crippen LogP contribution is -2.48. The molecule has 0 saturated carbocycles. The molecule has 1 fully saturated rings. The third kappa shape index (κ3) is 7.19. The summed E-state index contributed by atoms with van der Waals surface area (Å²) in [5.74, 6) is 0. The van der Waals surface area contributed by atoms with Crippen LogP contribution in [0.5, 0.6) is 0 Å². The predicted molar refractivity (Wildman–Crippen MR) is 120 cm³/mol. The van der Waals surface area contributed by atoms with Gasteiger partial charge in [0.05, 0.1) is 22.4 Å². The summed E-state index contributed by atoms with van der Waals surface area (Å²) in [6.07, 6.45) is 2.23. The van der Waals surface area contributed by atoms with Gasteiger partial charge >= 0.3 is 0 Å². The molecular weight excluding hydrogens is 426 g/mol. The van der Waals surface area contributed by atoms with E-state index in [0.717, 1.165) is 24.9 Å². The summed E-state index contributed by atoms with van der Waals surface area (Å²) in [7, 11) is -6.77. The molecule has 2 N–H and O–H groups in total. The summed E-state index contributed by atoms with van der Waals surface area (Å²) in [5.41, 5.74) is 0.756. The van der Waals surface area contributed by atoms with Gasteiger partial charge in [-0.05, 0) is 58.7 Å². The molecule has 0 bridgehead atoms. The molecule has 0 spiro atoms. The van der Waals surface area contributed by atoms with Crippen molar-refractivity contribution in [1.82, 2.24) is 9.03 Å². The predicted octanol–water partition coefficient (Wildman–Crippen LogP) is 2.39.